The monoisotopic (exact) mass is 381 g/mol. The van der Waals surface area contributed by atoms with Crippen molar-refractivity contribution in [1.29, 1.82) is 0 Å². The Labute approximate surface area is 161 Å². The largest absolute Gasteiger partial charge is 0.293 e. The van der Waals surface area contributed by atoms with Gasteiger partial charge in [-0.2, -0.15) is 5.10 Å². The van der Waals surface area contributed by atoms with Crippen molar-refractivity contribution in [2.24, 2.45) is 11.0 Å². The molecule has 0 N–H and O–H groups in total. The lowest BCUT2D eigenvalue weighted by Crippen LogP contribution is -2.39. The molecule has 6 nitrogen and oxygen atoms in total. The number of carbonyl (C=O) groups excluding carboxylic acids is 3. The summed E-state index contributed by atoms with van der Waals surface area (Å²) in [5, 5.41) is 6.25. The Kier molecular flexibility index (Phi) is 4.08. The van der Waals surface area contributed by atoms with Crippen molar-refractivity contribution in [3.05, 3.63) is 59.1 Å². The summed E-state index contributed by atoms with van der Waals surface area (Å²) in [5.41, 5.74) is 1.81. The first-order valence-corrected chi connectivity index (χ1v) is 8.86. The molecule has 2 atom stereocenters. The van der Waals surface area contributed by atoms with Crippen LogP contribution in [-0.2, 0) is 14.4 Å². The molecule has 2 aromatic rings. The maximum atomic E-state index is 13.2. The number of para-hydroxylation sites is 1. The molecular formula is C20H16ClN3O3. The molecule has 0 spiro atoms. The molecule has 1 fully saturated rings. The number of fused-ring (bicyclic) bond motifs is 1. The van der Waals surface area contributed by atoms with Crippen LogP contribution < -0.4 is 9.91 Å². The minimum atomic E-state index is -0.923. The van der Waals surface area contributed by atoms with E-state index >= 15 is 0 Å². The van der Waals surface area contributed by atoms with E-state index in [0.29, 0.717) is 22.0 Å². The van der Waals surface area contributed by atoms with E-state index in [0.717, 1.165) is 4.90 Å². The van der Waals surface area contributed by atoms with Crippen LogP contribution in [0.25, 0.3) is 0 Å². The first-order chi connectivity index (χ1) is 12.9. The van der Waals surface area contributed by atoms with Gasteiger partial charge in [-0.15, -0.1) is 0 Å². The zero-order valence-corrected chi connectivity index (χ0v) is 15.5. The molecule has 7 heteroatoms. The Hall–Kier alpha value is -2.99. The van der Waals surface area contributed by atoms with Gasteiger partial charge in [0.2, 0.25) is 5.91 Å². The summed E-state index contributed by atoms with van der Waals surface area (Å²) in [6.07, 6.45) is 0. The average Bonchev–Trinajstić information content (AvgIpc) is 3.16. The number of ketones is 1. The first-order valence-electron chi connectivity index (χ1n) is 8.48. The SMILES string of the molecule is CC(=O)C1=NN(c2ccccc2)[C@@H]2C(=O)N(c3cccc(Cl)c3C)C(=O)[C@@H]12. The Bertz CT molecular complexity index is 1000. The molecule has 0 aliphatic carbocycles. The van der Waals surface area contributed by atoms with Gasteiger partial charge in [0.25, 0.3) is 5.91 Å². The van der Waals surface area contributed by atoms with Crippen molar-refractivity contribution in [1.82, 2.24) is 0 Å². The zero-order valence-electron chi connectivity index (χ0n) is 14.7. The molecule has 0 saturated carbocycles. The topological polar surface area (TPSA) is 70.1 Å². The van der Waals surface area contributed by atoms with Crippen molar-refractivity contribution in [3.63, 3.8) is 0 Å². The number of hydrazone groups is 1. The quantitative estimate of drug-likeness (QED) is 0.766. The van der Waals surface area contributed by atoms with Crippen LogP contribution in [0.2, 0.25) is 5.02 Å². The number of anilines is 2. The van der Waals surface area contributed by atoms with E-state index in [1.165, 1.54) is 11.9 Å². The summed E-state index contributed by atoms with van der Waals surface area (Å²) in [7, 11) is 0. The molecule has 2 aliphatic heterocycles. The number of nitrogens with zero attached hydrogens (tertiary/aromatic N) is 3. The number of Topliss-reactive ketones (excluding diaryl/α,β-unsaturated/α-hetero) is 1. The normalized spacial score (nSPS) is 21.5. The lowest BCUT2D eigenvalue weighted by Gasteiger charge is -2.23. The molecule has 4 rings (SSSR count). The van der Waals surface area contributed by atoms with Crippen LogP contribution in [0.3, 0.4) is 0 Å². The number of carbonyl (C=O) groups is 3. The maximum Gasteiger partial charge on any atom is 0.259 e. The van der Waals surface area contributed by atoms with Crippen LogP contribution in [0.1, 0.15) is 12.5 Å². The predicted molar refractivity (Wildman–Crippen MR) is 103 cm³/mol. The maximum absolute atomic E-state index is 13.2. The number of hydrogen-bond acceptors (Lipinski definition) is 5. The Morgan fingerprint density at radius 2 is 1.74 bits per heavy atom. The summed E-state index contributed by atoms with van der Waals surface area (Å²) in [6, 6.07) is 13.2. The molecule has 2 aromatic carbocycles. The minimum absolute atomic E-state index is 0.101. The fourth-order valence-corrected chi connectivity index (χ4v) is 3.74. The molecule has 27 heavy (non-hydrogen) atoms. The van der Waals surface area contributed by atoms with Crippen LogP contribution in [0.5, 0.6) is 0 Å². The number of imide groups is 1. The van der Waals surface area contributed by atoms with Crippen molar-refractivity contribution in [2.45, 2.75) is 19.9 Å². The smallest absolute Gasteiger partial charge is 0.259 e. The van der Waals surface area contributed by atoms with Gasteiger partial charge in [-0.1, -0.05) is 35.9 Å². The number of hydrogen-bond donors (Lipinski definition) is 0. The molecule has 0 bridgehead atoms. The van der Waals surface area contributed by atoms with E-state index in [2.05, 4.69) is 5.10 Å². The van der Waals surface area contributed by atoms with Gasteiger partial charge in [0, 0.05) is 11.9 Å². The highest BCUT2D eigenvalue weighted by Crippen LogP contribution is 2.39. The number of amides is 2. The Balaban J connectivity index is 1.84. The number of benzene rings is 2. The van der Waals surface area contributed by atoms with Gasteiger partial charge >= 0.3 is 0 Å². The van der Waals surface area contributed by atoms with Gasteiger partial charge in [0.05, 0.1) is 11.4 Å². The molecule has 136 valence electrons. The van der Waals surface area contributed by atoms with E-state index in [9.17, 15) is 14.4 Å². The summed E-state index contributed by atoms with van der Waals surface area (Å²) < 4.78 is 0. The molecule has 2 aliphatic rings. The highest BCUT2D eigenvalue weighted by atomic mass is 35.5. The molecular weight excluding hydrogens is 366 g/mol. The Morgan fingerprint density at radius 3 is 2.41 bits per heavy atom. The minimum Gasteiger partial charge on any atom is -0.293 e. The van der Waals surface area contributed by atoms with E-state index in [-0.39, 0.29) is 11.5 Å². The van der Waals surface area contributed by atoms with Crippen LogP contribution in [0.15, 0.2) is 53.6 Å². The first kappa shape index (κ1) is 17.4. The second kappa shape index (κ2) is 6.32. The molecule has 2 amide bonds. The molecule has 0 unspecified atom stereocenters. The van der Waals surface area contributed by atoms with Gasteiger partial charge in [0.15, 0.2) is 5.78 Å². The molecule has 0 radical (unpaired) electrons. The summed E-state index contributed by atoms with van der Waals surface area (Å²) in [5.74, 6) is -2.12. The van der Waals surface area contributed by atoms with E-state index in [1.807, 2.05) is 18.2 Å². The third kappa shape index (κ3) is 2.56. The second-order valence-corrected chi connectivity index (χ2v) is 6.95. The fraction of sp³-hybridized carbons (Fsp3) is 0.200. The lowest BCUT2D eigenvalue weighted by atomic mass is 9.95. The predicted octanol–water partition coefficient (Wildman–Crippen LogP) is 2.97. The van der Waals surface area contributed by atoms with Crippen molar-refractivity contribution >= 4 is 46.3 Å². The third-order valence-corrected chi connectivity index (χ3v) is 5.32. The average molecular weight is 382 g/mol. The van der Waals surface area contributed by atoms with Crippen LogP contribution in [-0.4, -0.2) is 29.4 Å². The third-order valence-electron chi connectivity index (χ3n) is 4.91. The Morgan fingerprint density at radius 1 is 1.04 bits per heavy atom. The summed E-state index contributed by atoms with van der Waals surface area (Å²) in [4.78, 5) is 39.7. The molecule has 0 aromatic heterocycles. The summed E-state index contributed by atoms with van der Waals surface area (Å²) >= 11 is 6.17. The van der Waals surface area contributed by atoms with Crippen LogP contribution in [0, 0.1) is 12.8 Å². The van der Waals surface area contributed by atoms with Crippen LogP contribution >= 0.6 is 11.6 Å². The van der Waals surface area contributed by atoms with Crippen LogP contribution in [0.4, 0.5) is 11.4 Å². The highest BCUT2D eigenvalue weighted by Gasteiger charge is 2.58. The molecule has 2 heterocycles. The van der Waals surface area contributed by atoms with Crippen molar-refractivity contribution in [3.8, 4) is 0 Å². The van der Waals surface area contributed by atoms with Gasteiger partial charge in [-0.25, -0.2) is 4.90 Å². The number of rotatable bonds is 3. The van der Waals surface area contributed by atoms with Gasteiger partial charge in [-0.3, -0.25) is 19.4 Å². The lowest BCUT2D eigenvalue weighted by molar-refractivity contribution is -0.122. The van der Waals surface area contributed by atoms with Crippen molar-refractivity contribution in [2.75, 3.05) is 9.91 Å². The van der Waals surface area contributed by atoms with E-state index in [4.69, 9.17) is 11.6 Å². The standard InChI is InChI=1S/C20H16ClN3O3/c1-11-14(21)9-6-10-15(11)23-19(26)16-17(12(2)25)22-24(18(16)20(23)27)13-7-4-3-5-8-13/h3-10,16,18H,1-2H3/t16-,18-/m0/s1. The zero-order chi connectivity index (χ0) is 19.3. The van der Waals surface area contributed by atoms with E-state index < -0.39 is 23.8 Å². The van der Waals surface area contributed by atoms with Crippen molar-refractivity contribution < 1.29 is 14.4 Å². The highest BCUT2D eigenvalue weighted by molar-refractivity contribution is 6.49. The van der Waals surface area contributed by atoms with Gasteiger partial charge in [-0.05, 0) is 36.8 Å². The van der Waals surface area contributed by atoms with Gasteiger partial charge < -0.3 is 0 Å². The van der Waals surface area contributed by atoms with E-state index in [1.54, 1.807) is 37.3 Å². The molecule has 1 saturated heterocycles. The second-order valence-electron chi connectivity index (χ2n) is 6.54. The number of halogens is 1. The summed E-state index contributed by atoms with van der Waals surface area (Å²) in [6.45, 7) is 3.11. The fourth-order valence-electron chi connectivity index (χ4n) is 3.57. The van der Waals surface area contributed by atoms with Gasteiger partial charge in [0.1, 0.15) is 17.7 Å².